The fourth-order valence-electron chi connectivity index (χ4n) is 1.51. The van der Waals surface area contributed by atoms with Gasteiger partial charge in [-0.3, -0.25) is 0 Å². The summed E-state index contributed by atoms with van der Waals surface area (Å²) in [6, 6.07) is 0. The molecule has 1 unspecified atom stereocenters. The molecular weight excluding hydrogens is 170 g/mol. The van der Waals surface area contributed by atoms with Crippen LogP contribution >= 0.6 is 0 Å². The topological polar surface area (TPSA) is 3.24 Å². The van der Waals surface area contributed by atoms with Gasteiger partial charge in [0.1, 0.15) is 0 Å². The molecule has 0 heterocycles. The summed E-state index contributed by atoms with van der Waals surface area (Å²) in [5, 5.41) is 0. The molecule has 0 aromatic rings. The van der Waals surface area contributed by atoms with E-state index >= 15 is 0 Å². The van der Waals surface area contributed by atoms with E-state index in [2.05, 4.69) is 45.4 Å². The number of hydrogen-bond donors (Lipinski definition) is 0. The summed E-state index contributed by atoms with van der Waals surface area (Å²) in [6.45, 7) is 11.7. The predicted octanol–water partition coefficient (Wildman–Crippen LogP) is 3.83. The summed E-state index contributed by atoms with van der Waals surface area (Å²) >= 11 is 0. The van der Waals surface area contributed by atoms with E-state index in [0.717, 1.165) is 18.9 Å². The third-order valence-corrected chi connectivity index (χ3v) is 2.59. The number of rotatable bonds is 7. The van der Waals surface area contributed by atoms with Crippen LogP contribution in [0.4, 0.5) is 0 Å². The van der Waals surface area contributed by atoms with Crippen LogP contribution in [0, 0.1) is 5.92 Å². The molecule has 82 valence electrons. The molecule has 0 aliphatic carbocycles. The molecule has 0 fully saturated rings. The first-order valence-electron chi connectivity index (χ1n) is 5.68. The molecular formula is C13H25N. The zero-order chi connectivity index (χ0) is 11.0. The van der Waals surface area contributed by atoms with Crippen LogP contribution in [0.1, 0.15) is 40.0 Å². The van der Waals surface area contributed by atoms with E-state index in [9.17, 15) is 0 Å². The molecule has 14 heavy (non-hydrogen) atoms. The Labute approximate surface area is 89.5 Å². The second kappa shape index (κ2) is 7.66. The van der Waals surface area contributed by atoms with E-state index in [1.807, 2.05) is 6.08 Å². The Morgan fingerprint density at radius 2 is 2.07 bits per heavy atom. The van der Waals surface area contributed by atoms with Crippen LogP contribution < -0.4 is 0 Å². The summed E-state index contributed by atoms with van der Waals surface area (Å²) in [5.41, 5.74) is 1.41. The molecule has 0 rings (SSSR count). The molecule has 0 saturated heterocycles. The molecule has 0 aromatic carbocycles. The first-order valence-corrected chi connectivity index (χ1v) is 5.68. The van der Waals surface area contributed by atoms with E-state index in [1.165, 1.54) is 18.5 Å². The lowest BCUT2D eigenvalue weighted by molar-refractivity contribution is 0.331. The van der Waals surface area contributed by atoms with Crippen LogP contribution in [0.2, 0.25) is 0 Å². The number of allylic oxidation sites excluding steroid dienone is 3. The van der Waals surface area contributed by atoms with Gasteiger partial charge in [0, 0.05) is 19.3 Å². The van der Waals surface area contributed by atoms with Gasteiger partial charge in [0.25, 0.3) is 0 Å². The summed E-state index contributed by atoms with van der Waals surface area (Å²) in [7, 11) is 2.18. The highest BCUT2D eigenvalue weighted by atomic mass is 15.1. The van der Waals surface area contributed by atoms with Gasteiger partial charge in [0.05, 0.1) is 0 Å². The lowest BCUT2D eigenvalue weighted by atomic mass is 10.1. The SMILES string of the molecule is C=C/C=C(/CCC)N(C)CC(C)CC. The van der Waals surface area contributed by atoms with Gasteiger partial charge in [-0.05, 0) is 18.4 Å². The van der Waals surface area contributed by atoms with E-state index in [1.54, 1.807) is 0 Å². The van der Waals surface area contributed by atoms with Crippen molar-refractivity contribution >= 4 is 0 Å². The highest BCUT2D eigenvalue weighted by Crippen LogP contribution is 2.13. The van der Waals surface area contributed by atoms with Crippen molar-refractivity contribution in [2.45, 2.75) is 40.0 Å². The Morgan fingerprint density at radius 3 is 2.50 bits per heavy atom. The van der Waals surface area contributed by atoms with Gasteiger partial charge in [-0.15, -0.1) is 0 Å². The van der Waals surface area contributed by atoms with Crippen LogP contribution in [0.25, 0.3) is 0 Å². The molecule has 0 aromatic heterocycles. The fourth-order valence-corrected chi connectivity index (χ4v) is 1.51. The van der Waals surface area contributed by atoms with Gasteiger partial charge < -0.3 is 4.90 Å². The van der Waals surface area contributed by atoms with Gasteiger partial charge in [0.2, 0.25) is 0 Å². The maximum atomic E-state index is 3.76. The fraction of sp³-hybridized carbons (Fsp3) is 0.692. The monoisotopic (exact) mass is 195 g/mol. The van der Waals surface area contributed by atoms with Crippen LogP contribution in [0.3, 0.4) is 0 Å². The minimum atomic E-state index is 0.769. The maximum absolute atomic E-state index is 3.76. The second-order valence-corrected chi connectivity index (χ2v) is 4.04. The average molecular weight is 195 g/mol. The molecule has 0 amide bonds. The zero-order valence-corrected chi connectivity index (χ0v) is 10.2. The molecule has 0 N–H and O–H groups in total. The highest BCUT2D eigenvalue weighted by Gasteiger charge is 2.06. The first-order chi connectivity index (χ1) is 6.65. The zero-order valence-electron chi connectivity index (χ0n) is 10.2. The minimum Gasteiger partial charge on any atom is -0.378 e. The standard InChI is InChI=1S/C13H25N/c1-6-9-13(10-7-2)14(5)11-12(4)8-3/h6,9,12H,1,7-8,10-11H2,2-5H3/b13-9-. The first kappa shape index (κ1) is 13.3. The van der Waals surface area contributed by atoms with E-state index in [4.69, 9.17) is 0 Å². The molecule has 0 radical (unpaired) electrons. The lowest BCUT2D eigenvalue weighted by Gasteiger charge is -2.25. The normalized spacial score (nSPS) is 13.9. The molecule has 1 heteroatoms. The predicted molar refractivity (Wildman–Crippen MR) is 65.3 cm³/mol. The Morgan fingerprint density at radius 1 is 1.43 bits per heavy atom. The van der Waals surface area contributed by atoms with E-state index in [0.29, 0.717) is 0 Å². The molecule has 1 atom stereocenters. The quantitative estimate of drug-likeness (QED) is 0.558. The largest absolute Gasteiger partial charge is 0.378 e. The summed E-state index contributed by atoms with van der Waals surface area (Å²) < 4.78 is 0. The molecule has 1 nitrogen and oxygen atoms in total. The lowest BCUT2D eigenvalue weighted by Crippen LogP contribution is -2.23. The van der Waals surface area contributed by atoms with Gasteiger partial charge in [-0.2, -0.15) is 0 Å². The molecule has 0 bridgehead atoms. The summed E-state index contributed by atoms with van der Waals surface area (Å²) in [6.07, 6.45) is 7.62. The summed E-state index contributed by atoms with van der Waals surface area (Å²) in [4.78, 5) is 2.36. The van der Waals surface area contributed by atoms with Crippen LogP contribution in [-0.2, 0) is 0 Å². The van der Waals surface area contributed by atoms with Crippen LogP contribution in [0.5, 0.6) is 0 Å². The van der Waals surface area contributed by atoms with Crippen LogP contribution in [-0.4, -0.2) is 18.5 Å². The Hall–Kier alpha value is -0.720. The van der Waals surface area contributed by atoms with Gasteiger partial charge in [-0.1, -0.05) is 46.3 Å². The van der Waals surface area contributed by atoms with Gasteiger partial charge >= 0.3 is 0 Å². The van der Waals surface area contributed by atoms with Crippen molar-refractivity contribution in [1.29, 1.82) is 0 Å². The molecule has 0 saturated carbocycles. The van der Waals surface area contributed by atoms with E-state index in [-0.39, 0.29) is 0 Å². The van der Waals surface area contributed by atoms with Gasteiger partial charge in [-0.25, -0.2) is 0 Å². The van der Waals surface area contributed by atoms with Crippen LogP contribution in [0.15, 0.2) is 24.4 Å². The van der Waals surface area contributed by atoms with Crippen molar-refractivity contribution in [1.82, 2.24) is 4.90 Å². The Bertz CT molecular complexity index is 182. The summed E-state index contributed by atoms with van der Waals surface area (Å²) in [5.74, 6) is 0.769. The van der Waals surface area contributed by atoms with Crippen molar-refractivity contribution < 1.29 is 0 Å². The third-order valence-electron chi connectivity index (χ3n) is 2.59. The average Bonchev–Trinajstić information content (AvgIpc) is 2.17. The van der Waals surface area contributed by atoms with Crippen molar-refractivity contribution in [3.8, 4) is 0 Å². The van der Waals surface area contributed by atoms with E-state index < -0.39 is 0 Å². The van der Waals surface area contributed by atoms with Gasteiger partial charge in [0.15, 0.2) is 0 Å². The Kier molecular flexibility index (Phi) is 7.27. The number of hydrogen-bond acceptors (Lipinski definition) is 1. The third kappa shape index (κ3) is 5.11. The highest BCUT2D eigenvalue weighted by molar-refractivity contribution is 5.09. The Balaban J connectivity index is 4.21. The molecule has 0 aliphatic heterocycles. The second-order valence-electron chi connectivity index (χ2n) is 4.04. The maximum Gasteiger partial charge on any atom is 0.0197 e. The van der Waals surface area contributed by atoms with Crippen molar-refractivity contribution in [2.24, 2.45) is 5.92 Å². The van der Waals surface area contributed by atoms with Crippen molar-refractivity contribution in [3.05, 3.63) is 24.4 Å². The molecule has 0 aliphatic rings. The number of nitrogens with zero attached hydrogens (tertiary/aromatic N) is 1. The van der Waals surface area contributed by atoms with Crippen molar-refractivity contribution in [3.63, 3.8) is 0 Å². The molecule has 0 spiro atoms. The smallest absolute Gasteiger partial charge is 0.0197 e. The van der Waals surface area contributed by atoms with Crippen molar-refractivity contribution in [2.75, 3.05) is 13.6 Å². The minimum absolute atomic E-state index is 0.769.